The van der Waals surface area contributed by atoms with E-state index in [9.17, 15) is 48.2 Å². The second kappa shape index (κ2) is 25.1. The molecule has 3 aliphatic rings. The molecular formula is C58H70FN9O10S. The highest BCUT2D eigenvalue weighted by atomic mass is 32.1. The highest BCUT2D eigenvalue weighted by Crippen LogP contribution is 2.41. The van der Waals surface area contributed by atoms with Crippen molar-refractivity contribution in [3.05, 3.63) is 112 Å². The first-order valence-electron chi connectivity index (χ1n) is 27.0. The quantitative estimate of drug-likeness (QED) is 0.0351. The fraction of sp³-hybridized carbons (Fsp3) is 0.466. The molecule has 21 heteroatoms. The molecule has 3 aromatic carbocycles. The summed E-state index contributed by atoms with van der Waals surface area (Å²) in [5.74, 6) is -3.45. The zero-order valence-electron chi connectivity index (χ0n) is 45.2. The maximum Gasteiger partial charge on any atom is 0.273 e. The number of thiazole rings is 1. The number of phenols is 1. The maximum atomic E-state index is 14.7. The number of alkyl halides is 1. The normalized spacial score (nSPS) is 18.0. The average Bonchev–Trinajstić information content (AvgIpc) is 4.08. The number of phenolic OH excluding ortho intramolecular Hbond substituents is 1. The molecular weight excluding hydrogens is 1030 g/mol. The number of β-amino-alcohol motifs (C(OH)–C–C–N with tert-alkyl or cyclic N) is 1. The number of benzene rings is 3. The molecule has 0 spiro atoms. The van der Waals surface area contributed by atoms with Crippen LogP contribution in [0.25, 0.3) is 21.8 Å². The monoisotopic (exact) mass is 1100 g/mol. The van der Waals surface area contributed by atoms with E-state index < -0.39 is 58.9 Å². The minimum atomic E-state index is -2.02. The summed E-state index contributed by atoms with van der Waals surface area (Å²) in [5.41, 5.74) is 4.16. The Kier molecular flexibility index (Phi) is 18.3. The Morgan fingerprint density at radius 3 is 2.34 bits per heavy atom. The number of unbranched alkanes of at least 4 members (excludes halogenated alkanes) is 3. The fourth-order valence-corrected chi connectivity index (χ4v) is 10.8. The van der Waals surface area contributed by atoms with E-state index in [1.54, 1.807) is 39.4 Å². The van der Waals surface area contributed by atoms with Crippen molar-refractivity contribution in [1.82, 2.24) is 46.5 Å². The Morgan fingerprint density at radius 1 is 0.911 bits per heavy atom. The van der Waals surface area contributed by atoms with Gasteiger partial charge < -0.3 is 51.1 Å². The van der Waals surface area contributed by atoms with Gasteiger partial charge in [0.1, 0.15) is 17.8 Å². The smallest absolute Gasteiger partial charge is 0.273 e. The van der Waals surface area contributed by atoms with Crippen molar-refractivity contribution >= 4 is 52.7 Å². The third kappa shape index (κ3) is 14.4. The van der Waals surface area contributed by atoms with Crippen LogP contribution in [-0.2, 0) is 30.4 Å². The number of aliphatic hydroxyl groups excluding tert-OH is 1. The minimum Gasteiger partial charge on any atom is -0.507 e. The fourth-order valence-electron chi connectivity index (χ4n) is 10.0. The van der Waals surface area contributed by atoms with Crippen LogP contribution in [-0.4, -0.2) is 129 Å². The molecule has 1 saturated carbocycles. The van der Waals surface area contributed by atoms with Crippen LogP contribution >= 0.6 is 11.3 Å². The van der Waals surface area contributed by atoms with Crippen LogP contribution in [0.1, 0.15) is 140 Å². The van der Waals surface area contributed by atoms with Crippen molar-refractivity contribution in [3.63, 3.8) is 0 Å². The maximum absolute atomic E-state index is 14.7. The van der Waals surface area contributed by atoms with Crippen LogP contribution in [0, 0.1) is 12.3 Å². The van der Waals surface area contributed by atoms with Gasteiger partial charge in [-0.1, -0.05) is 93.4 Å². The summed E-state index contributed by atoms with van der Waals surface area (Å²) in [6, 6.07) is 18.1. The lowest BCUT2D eigenvalue weighted by Gasteiger charge is -2.36. The summed E-state index contributed by atoms with van der Waals surface area (Å²) in [6.07, 6.45) is 3.50. The molecule has 1 aliphatic heterocycles. The van der Waals surface area contributed by atoms with E-state index in [1.165, 1.54) is 44.9 Å². The van der Waals surface area contributed by atoms with E-state index in [0.717, 1.165) is 47.4 Å². The van der Waals surface area contributed by atoms with Gasteiger partial charge in [-0.25, -0.2) is 9.37 Å². The van der Waals surface area contributed by atoms with Crippen LogP contribution in [0.2, 0.25) is 0 Å². The lowest BCUT2D eigenvalue weighted by atomic mass is 9.85. The number of hydrogen-bond donors (Lipinski definition) is 7. The largest absolute Gasteiger partial charge is 0.507 e. The summed E-state index contributed by atoms with van der Waals surface area (Å²) >= 11 is 1.49. The van der Waals surface area contributed by atoms with Gasteiger partial charge in [-0.2, -0.15) is 0 Å². The van der Waals surface area contributed by atoms with Crippen molar-refractivity contribution in [2.45, 2.75) is 134 Å². The van der Waals surface area contributed by atoms with Gasteiger partial charge in [-0.3, -0.25) is 33.6 Å². The second-order valence-electron chi connectivity index (χ2n) is 22.0. The van der Waals surface area contributed by atoms with Crippen molar-refractivity contribution in [3.8, 4) is 27.5 Å². The van der Waals surface area contributed by atoms with Crippen LogP contribution in [0.3, 0.4) is 0 Å². The third-order valence-corrected chi connectivity index (χ3v) is 15.8. The molecule has 2 aromatic heterocycles. The van der Waals surface area contributed by atoms with Crippen molar-refractivity contribution in [2.75, 3.05) is 33.2 Å². The molecule has 5 atom stereocenters. The number of nitrogens with one attached hydrogen (secondary N) is 5. The first-order valence-corrected chi connectivity index (χ1v) is 27.8. The number of aryl methyl sites for hydroxylation is 2. The van der Waals surface area contributed by atoms with E-state index in [4.69, 9.17) is 4.52 Å². The number of amides is 7. The third-order valence-electron chi connectivity index (χ3n) is 14.8. The predicted molar refractivity (Wildman–Crippen MR) is 293 cm³/mol. The molecule has 5 aromatic rings. The molecule has 0 radical (unpaired) electrons. The van der Waals surface area contributed by atoms with E-state index in [0.29, 0.717) is 30.5 Å². The van der Waals surface area contributed by atoms with Crippen LogP contribution in [0.4, 0.5) is 4.39 Å². The van der Waals surface area contributed by atoms with Crippen molar-refractivity contribution < 1.29 is 52.7 Å². The number of aromatic hydroxyl groups is 1. The average molecular weight is 1100 g/mol. The molecule has 2 aliphatic carbocycles. The van der Waals surface area contributed by atoms with Crippen molar-refractivity contribution in [2.24, 2.45) is 5.41 Å². The van der Waals surface area contributed by atoms with Gasteiger partial charge in [0.2, 0.25) is 23.6 Å². The molecule has 1 saturated heterocycles. The summed E-state index contributed by atoms with van der Waals surface area (Å²) in [5, 5.41) is 39.9. The Hall–Kier alpha value is -7.52. The highest BCUT2D eigenvalue weighted by Gasteiger charge is 2.53. The van der Waals surface area contributed by atoms with E-state index >= 15 is 0 Å². The Labute approximate surface area is 462 Å². The first-order chi connectivity index (χ1) is 37.7. The number of aromatic nitrogens is 2. The zero-order valence-corrected chi connectivity index (χ0v) is 46.1. The molecule has 19 nitrogen and oxygen atoms in total. The van der Waals surface area contributed by atoms with E-state index in [1.807, 2.05) is 49.4 Å². The van der Waals surface area contributed by atoms with Gasteiger partial charge in [-0.05, 0) is 85.3 Å². The SMILES string of the molecule is Cc1ncsc1-c1ccc(C(CC(=O)NCCCCCCC(=O)NCCN(C)C(=O)c2ccc(-c3cc(C(=O)N[C@@H]4CCc5ccccc54)no3)cc2O)NC(=O)[C@@H]2C[C@@H](O)CN2C(=O)C(NC(=O)C2(F)CC2)C(C)(C)C)cc1. The standard InChI is InChI=1S/C58H70FN9O10S/c1-34-50(79-33-62-34)37-17-15-36(16-18-37)43(64-53(74)45-29-39(69)32-68(45)55(76)51(57(2,3)4)65-56(77)58(59)23-24-58)31-49(72)60-25-11-7-6-8-14-48(71)61-26-27-67(5)54(75)41-21-19-38(28-46(41)70)47-30-44(66-78-47)52(73)63-42-22-20-35-12-9-10-13-40(35)42/h9-10,12-13,15-19,21,28,30,33,39,42-43,45,51,69-70H,6-8,11,14,20,22-27,29,31-32H2,1-5H3,(H,60,72)(H,61,71)(H,63,73)(H,64,74)(H,65,77)/t39-,42-,43?,45+,51?/m1/s1. The molecule has 2 unspecified atom stereocenters. The van der Waals surface area contributed by atoms with E-state index in [2.05, 4.69) is 42.8 Å². The molecule has 2 fully saturated rings. The number of aliphatic hydroxyl groups is 1. The topological polar surface area (TPSA) is 265 Å². The number of carbonyl (C=O) groups excluding carboxylic acids is 7. The summed E-state index contributed by atoms with van der Waals surface area (Å²) in [7, 11) is 1.57. The second-order valence-corrected chi connectivity index (χ2v) is 22.8. The van der Waals surface area contributed by atoms with Gasteiger partial charge in [0.25, 0.3) is 17.7 Å². The molecule has 3 heterocycles. The minimum absolute atomic E-state index is 0.0517. The molecule has 0 bridgehead atoms. The Morgan fingerprint density at radius 2 is 1.63 bits per heavy atom. The van der Waals surface area contributed by atoms with E-state index in [-0.39, 0.29) is 98.3 Å². The van der Waals surface area contributed by atoms with Gasteiger partial charge in [0, 0.05) is 57.7 Å². The van der Waals surface area contributed by atoms with Gasteiger partial charge >= 0.3 is 0 Å². The molecule has 79 heavy (non-hydrogen) atoms. The highest BCUT2D eigenvalue weighted by molar-refractivity contribution is 7.13. The van der Waals surface area contributed by atoms with Gasteiger partial charge in [0.05, 0.1) is 46.3 Å². The van der Waals surface area contributed by atoms with Crippen LogP contribution in [0.15, 0.2) is 82.8 Å². The summed E-state index contributed by atoms with van der Waals surface area (Å²) < 4.78 is 20.2. The molecule has 7 N–H and O–H groups in total. The molecule has 420 valence electrons. The lowest BCUT2D eigenvalue weighted by molar-refractivity contribution is -0.145. The number of likely N-dealkylation sites (N-methyl/N-ethyl adjacent to an activating group) is 1. The number of fused-ring (bicyclic) bond motifs is 1. The number of rotatable bonds is 23. The van der Waals surface area contributed by atoms with Crippen LogP contribution in [0.5, 0.6) is 5.75 Å². The zero-order chi connectivity index (χ0) is 56.6. The number of nitrogens with zero attached hydrogens (tertiary/aromatic N) is 4. The van der Waals surface area contributed by atoms with Crippen LogP contribution < -0.4 is 26.6 Å². The Bertz CT molecular complexity index is 3040. The summed E-state index contributed by atoms with van der Waals surface area (Å²) in [6.45, 7) is 7.65. The number of halogens is 1. The number of carbonyl (C=O) groups is 7. The predicted octanol–water partition coefficient (Wildman–Crippen LogP) is 6.39. The first kappa shape index (κ1) is 57.6. The molecule has 8 rings (SSSR count). The Balaban J connectivity index is 0.758. The lowest BCUT2D eigenvalue weighted by Crippen LogP contribution is -2.59. The number of hydrogen-bond acceptors (Lipinski definition) is 13. The summed E-state index contributed by atoms with van der Waals surface area (Å²) in [4.78, 5) is 101. The van der Waals surface area contributed by atoms with Crippen molar-refractivity contribution in [1.29, 1.82) is 0 Å². The van der Waals surface area contributed by atoms with Gasteiger partial charge in [-0.15, -0.1) is 11.3 Å². The number of likely N-dealkylation sites (tertiary alicyclic amines) is 1. The van der Waals surface area contributed by atoms with Gasteiger partial charge in [0.15, 0.2) is 17.1 Å². The molecule has 7 amide bonds.